The Kier molecular flexibility index (Phi) is 4.04. The van der Waals surface area contributed by atoms with Crippen LogP contribution in [0.3, 0.4) is 0 Å². The fraction of sp³-hybridized carbons (Fsp3) is 0.562. The molecule has 1 aromatic carbocycles. The molecular weight excluding hydrogens is 250 g/mol. The maximum Gasteiger partial charge on any atom is 0.256 e. The lowest BCUT2D eigenvalue weighted by Crippen LogP contribution is -2.59. The highest BCUT2D eigenvalue weighted by atomic mass is 16.2. The van der Waals surface area contributed by atoms with Crippen LogP contribution in [0.2, 0.25) is 0 Å². The number of amides is 1. The Morgan fingerprint density at radius 3 is 2.75 bits per heavy atom. The first-order valence-corrected chi connectivity index (χ1v) is 7.31. The van der Waals surface area contributed by atoms with Gasteiger partial charge in [0.1, 0.15) is 6.04 Å². The highest BCUT2D eigenvalue weighted by Crippen LogP contribution is 2.44. The average Bonchev–Trinajstić information content (AvgIpc) is 2.42. The standard InChI is InChI=1S/C16H25N3O/c1-5-13(15(20)18-17)19-14-9-7-6-8-12(14)11(2)10-16(19,3)4/h6-9,11,13H,5,10,17H2,1-4H3,(H,18,20)/t11-,13-/m0/s1. The van der Waals surface area contributed by atoms with Crippen molar-refractivity contribution in [3.63, 3.8) is 0 Å². The summed E-state index contributed by atoms with van der Waals surface area (Å²) in [5.74, 6) is 5.74. The molecule has 0 aliphatic carbocycles. The first-order valence-electron chi connectivity index (χ1n) is 7.31. The number of fused-ring (bicyclic) bond motifs is 1. The van der Waals surface area contributed by atoms with E-state index < -0.39 is 0 Å². The topological polar surface area (TPSA) is 58.4 Å². The van der Waals surface area contributed by atoms with E-state index in [9.17, 15) is 4.79 Å². The number of nitrogens with two attached hydrogens (primary N) is 1. The van der Waals surface area contributed by atoms with Crippen LogP contribution in [0.15, 0.2) is 24.3 Å². The van der Waals surface area contributed by atoms with Crippen LogP contribution in [0.1, 0.15) is 52.0 Å². The van der Waals surface area contributed by atoms with Crippen molar-refractivity contribution in [2.24, 2.45) is 5.84 Å². The SMILES string of the molecule is CC[C@@H](C(=O)NN)N1c2ccccc2[C@@H](C)CC1(C)C. The monoisotopic (exact) mass is 275 g/mol. The van der Waals surface area contributed by atoms with Gasteiger partial charge in [0.2, 0.25) is 0 Å². The van der Waals surface area contributed by atoms with E-state index in [1.807, 2.05) is 13.0 Å². The fourth-order valence-electron chi connectivity index (χ4n) is 3.58. The third-order valence-corrected chi connectivity index (χ3v) is 4.33. The zero-order valence-electron chi connectivity index (χ0n) is 12.8. The fourth-order valence-corrected chi connectivity index (χ4v) is 3.58. The third kappa shape index (κ3) is 2.40. The summed E-state index contributed by atoms with van der Waals surface area (Å²) in [6.07, 6.45) is 1.76. The molecule has 110 valence electrons. The summed E-state index contributed by atoms with van der Waals surface area (Å²) < 4.78 is 0. The molecule has 0 unspecified atom stereocenters. The lowest BCUT2D eigenvalue weighted by molar-refractivity contribution is -0.122. The molecule has 2 rings (SSSR count). The van der Waals surface area contributed by atoms with E-state index in [0.29, 0.717) is 5.92 Å². The quantitative estimate of drug-likeness (QED) is 0.506. The minimum atomic E-state index is -0.233. The largest absolute Gasteiger partial charge is 0.354 e. The Morgan fingerprint density at radius 1 is 1.50 bits per heavy atom. The summed E-state index contributed by atoms with van der Waals surface area (Å²) in [6.45, 7) is 8.68. The number of hydrogen-bond acceptors (Lipinski definition) is 3. The molecule has 0 radical (unpaired) electrons. The number of hydrazine groups is 1. The molecule has 0 bridgehead atoms. The van der Waals surface area contributed by atoms with Crippen molar-refractivity contribution in [3.8, 4) is 0 Å². The maximum absolute atomic E-state index is 12.1. The lowest BCUT2D eigenvalue weighted by atomic mass is 9.79. The molecule has 1 aromatic rings. The minimum Gasteiger partial charge on any atom is -0.354 e. The van der Waals surface area contributed by atoms with Crippen LogP contribution in [0.25, 0.3) is 0 Å². The van der Waals surface area contributed by atoms with Gasteiger partial charge in [-0.1, -0.05) is 32.0 Å². The first kappa shape index (κ1) is 14.9. The van der Waals surface area contributed by atoms with Gasteiger partial charge < -0.3 is 4.90 Å². The van der Waals surface area contributed by atoms with Gasteiger partial charge in [0.05, 0.1) is 0 Å². The Balaban J connectivity index is 2.53. The van der Waals surface area contributed by atoms with Gasteiger partial charge in [0, 0.05) is 11.2 Å². The van der Waals surface area contributed by atoms with E-state index in [4.69, 9.17) is 5.84 Å². The van der Waals surface area contributed by atoms with E-state index in [1.54, 1.807) is 0 Å². The molecule has 0 saturated carbocycles. The molecule has 1 heterocycles. The first-order chi connectivity index (χ1) is 9.42. The van der Waals surface area contributed by atoms with Gasteiger partial charge in [-0.25, -0.2) is 5.84 Å². The van der Waals surface area contributed by atoms with Gasteiger partial charge in [0.25, 0.3) is 5.91 Å². The van der Waals surface area contributed by atoms with E-state index in [-0.39, 0.29) is 17.5 Å². The van der Waals surface area contributed by atoms with Crippen molar-refractivity contribution in [1.82, 2.24) is 5.43 Å². The maximum atomic E-state index is 12.1. The number of nitrogens with one attached hydrogen (secondary N) is 1. The average molecular weight is 275 g/mol. The highest BCUT2D eigenvalue weighted by molar-refractivity contribution is 5.86. The Labute approximate surface area is 121 Å². The zero-order valence-corrected chi connectivity index (χ0v) is 12.8. The van der Waals surface area contributed by atoms with E-state index in [0.717, 1.165) is 18.5 Å². The Bertz CT molecular complexity index is 498. The highest BCUT2D eigenvalue weighted by Gasteiger charge is 2.41. The van der Waals surface area contributed by atoms with Gasteiger partial charge >= 0.3 is 0 Å². The molecule has 4 nitrogen and oxygen atoms in total. The van der Waals surface area contributed by atoms with Crippen LogP contribution < -0.4 is 16.2 Å². The molecule has 1 amide bonds. The van der Waals surface area contributed by atoms with Gasteiger partial charge in [-0.15, -0.1) is 0 Å². The number of benzene rings is 1. The summed E-state index contributed by atoms with van der Waals surface area (Å²) in [5, 5.41) is 0. The van der Waals surface area contributed by atoms with E-state index in [1.165, 1.54) is 5.56 Å². The van der Waals surface area contributed by atoms with Crippen molar-refractivity contribution >= 4 is 11.6 Å². The van der Waals surface area contributed by atoms with Crippen LogP contribution in [0.4, 0.5) is 5.69 Å². The lowest BCUT2D eigenvalue weighted by Gasteiger charge is -2.50. The summed E-state index contributed by atoms with van der Waals surface area (Å²) in [7, 11) is 0. The van der Waals surface area contributed by atoms with Gasteiger partial charge in [-0.05, 0) is 44.2 Å². The molecule has 0 fully saturated rings. The molecule has 0 spiro atoms. The second-order valence-corrected chi connectivity index (χ2v) is 6.28. The van der Waals surface area contributed by atoms with Crippen LogP contribution in [0, 0.1) is 0 Å². The number of para-hydroxylation sites is 1. The Hall–Kier alpha value is -1.55. The predicted octanol–water partition coefficient (Wildman–Crippen LogP) is 2.55. The second-order valence-electron chi connectivity index (χ2n) is 6.28. The molecule has 1 aliphatic heterocycles. The third-order valence-electron chi connectivity index (χ3n) is 4.33. The minimum absolute atomic E-state index is 0.0685. The van der Waals surface area contributed by atoms with Crippen molar-refractivity contribution < 1.29 is 4.79 Å². The number of carbonyl (C=O) groups is 1. The summed E-state index contributed by atoms with van der Waals surface area (Å²) in [6, 6.07) is 8.14. The summed E-state index contributed by atoms with van der Waals surface area (Å²) in [5.41, 5.74) is 4.72. The van der Waals surface area contributed by atoms with Crippen molar-refractivity contribution in [2.45, 2.75) is 58.0 Å². The van der Waals surface area contributed by atoms with E-state index >= 15 is 0 Å². The number of nitrogens with zero attached hydrogens (tertiary/aromatic N) is 1. The number of anilines is 1. The van der Waals surface area contributed by atoms with Crippen molar-refractivity contribution in [2.75, 3.05) is 4.90 Å². The molecule has 2 atom stereocenters. The number of carbonyl (C=O) groups excluding carboxylic acids is 1. The zero-order chi connectivity index (χ0) is 14.9. The molecule has 0 aromatic heterocycles. The summed E-state index contributed by atoms with van der Waals surface area (Å²) >= 11 is 0. The van der Waals surface area contributed by atoms with E-state index in [2.05, 4.69) is 49.3 Å². The molecule has 3 N–H and O–H groups in total. The Morgan fingerprint density at radius 2 is 2.15 bits per heavy atom. The van der Waals surface area contributed by atoms with Crippen molar-refractivity contribution in [1.29, 1.82) is 0 Å². The predicted molar refractivity (Wildman–Crippen MR) is 82.4 cm³/mol. The van der Waals surface area contributed by atoms with Crippen LogP contribution in [-0.4, -0.2) is 17.5 Å². The second kappa shape index (κ2) is 5.44. The van der Waals surface area contributed by atoms with Gasteiger partial charge in [-0.2, -0.15) is 0 Å². The number of hydrogen-bond donors (Lipinski definition) is 2. The van der Waals surface area contributed by atoms with Crippen LogP contribution >= 0.6 is 0 Å². The number of rotatable bonds is 3. The summed E-state index contributed by atoms with van der Waals surface area (Å²) in [4.78, 5) is 14.4. The molecule has 20 heavy (non-hydrogen) atoms. The molecule has 4 heteroatoms. The van der Waals surface area contributed by atoms with Crippen LogP contribution in [-0.2, 0) is 4.79 Å². The molecule has 1 aliphatic rings. The van der Waals surface area contributed by atoms with Crippen LogP contribution in [0.5, 0.6) is 0 Å². The van der Waals surface area contributed by atoms with Crippen molar-refractivity contribution in [3.05, 3.63) is 29.8 Å². The van der Waals surface area contributed by atoms with Gasteiger partial charge in [-0.3, -0.25) is 10.2 Å². The molecular formula is C16H25N3O. The molecule has 0 saturated heterocycles. The smallest absolute Gasteiger partial charge is 0.256 e. The van der Waals surface area contributed by atoms with Gasteiger partial charge in [0.15, 0.2) is 0 Å². The normalized spacial score (nSPS) is 22.1.